The molecule has 0 amide bonds. The van der Waals surface area contributed by atoms with Crippen molar-refractivity contribution in [3.63, 3.8) is 0 Å². The average Bonchev–Trinajstić information content (AvgIpc) is 3.04. The first-order valence-electron chi connectivity index (χ1n) is 7.69. The van der Waals surface area contributed by atoms with Gasteiger partial charge in [-0.3, -0.25) is 0 Å². The number of halogens is 6. The lowest BCUT2D eigenvalue weighted by atomic mass is 9.89. The molecule has 1 aliphatic rings. The Kier molecular flexibility index (Phi) is 5.24. The van der Waals surface area contributed by atoms with Crippen LogP contribution in [0.2, 0.25) is 10.0 Å². The molecule has 27 heavy (non-hydrogen) atoms. The molecule has 3 N–H and O–H groups in total. The van der Waals surface area contributed by atoms with Crippen molar-refractivity contribution in [3.05, 3.63) is 63.4 Å². The summed E-state index contributed by atoms with van der Waals surface area (Å²) in [6.07, 6.45) is -5.46. The summed E-state index contributed by atoms with van der Waals surface area (Å²) >= 11 is 11.6. The number of amidine groups is 1. The molecule has 2 aromatic carbocycles. The lowest BCUT2D eigenvalue weighted by molar-refractivity contribution is -0.275. The summed E-state index contributed by atoms with van der Waals surface area (Å²) in [5, 5.41) is 6.32. The molecule has 1 atom stereocenters. The molecule has 0 spiro atoms. The highest BCUT2D eigenvalue weighted by molar-refractivity contribution is 6.31. The second-order valence-electron chi connectivity index (χ2n) is 5.90. The van der Waals surface area contributed by atoms with E-state index in [4.69, 9.17) is 33.8 Å². The lowest BCUT2D eigenvalue weighted by Crippen LogP contribution is -2.43. The summed E-state index contributed by atoms with van der Waals surface area (Å²) < 4.78 is 54.8. The van der Waals surface area contributed by atoms with Crippen molar-refractivity contribution in [3.8, 4) is 0 Å². The summed E-state index contributed by atoms with van der Waals surface area (Å²) in [7, 11) is 0. The van der Waals surface area contributed by atoms with Gasteiger partial charge in [-0.05, 0) is 35.9 Å². The van der Waals surface area contributed by atoms with E-state index in [0.717, 1.165) is 18.2 Å². The molecule has 0 radical (unpaired) electrons. The van der Waals surface area contributed by atoms with Gasteiger partial charge < -0.3 is 15.9 Å². The summed E-state index contributed by atoms with van der Waals surface area (Å²) in [4.78, 5) is 4.82. The van der Waals surface area contributed by atoms with Gasteiger partial charge in [0.15, 0.2) is 5.84 Å². The smallest absolute Gasteiger partial charge is 0.372 e. The van der Waals surface area contributed by atoms with E-state index in [9.17, 15) is 17.6 Å². The maximum Gasteiger partial charge on any atom is 0.435 e. The zero-order valence-corrected chi connectivity index (χ0v) is 15.1. The maximum atomic E-state index is 13.8. The van der Waals surface area contributed by atoms with E-state index in [-0.39, 0.29) is 17.9 Å². The summed E-state index contributed by atoms with van der Waals surface area (Å²) in [5.74, 6) is -0.886. The molecular weight excluding hydrogens is 409 g/mol. The monoisotopic (exact) mass is 421 g/mol. The van der Waals surface area contributed by atoms with Crippen molar-refractivity contribution in [2.75, 3.05) is 5.32 Å². The van der Waals surface area contributed by atoms with Gasteiger partial charge in [0.2, 0.25) is 0 Å². The van der Waals surface area contributed by atoms with E-state index in [1.807, 2.05) is 0 Å². The first-order valence-corrected chi connectivity index (χ1v) is 8.45. The number of anilines is 1. The molecule has 4 nitrogen and oxygen atoms in total. The van der Waals surface area contributed by atoms with Crippen molar-refractivity contribution in [2.24, 2.45) is 10.9 Å². The molecule has 0 saturated heterocycles. The van der Waals surface area contributed by atoms with Gasteiger partial charge in [0, 0.05) is 22.8 Å². The van der Waals surface area contributed by atoms with Crippen LogP contribution in [0.5, 0.6) is 0 Å². The number of hydrogen-bond donors (Lipinski definition) is 2. The molecule has 1 heterocycles. The van der Waals surface area contributed by atoms with Gasteiger partial charge in [-0.15, -0.1) is 0 Å². The third-order valence-corrected chi connectivity index (χ3v) is 4.78. The summed E-state index contributed by atoms with van der Waals surface area (Å²) in [6.45, 7) is 0.165. The van der Waals surface area contributed by atoms with Crippen molar-refractivity contribution >= 4 is 34.7 Å². The van der Waals surface area contributed by atoms with E-state index in [1.165, 1.54) is 0 Å². The van der Waals surface area contributed by atoms with Crippen LogP contribution in [-0.2, 0) is 17.0 Å². The van der Waals surface area contributed by atoms with Crippen molar-refractivity contribution in [1.82, 2.24) is 0 Å². The lowest BCUT2D eigenvalue weighted by Gasteiger charge is -2.29. The van der Waals surface area contributed by atoms with Crippen LogP contribution in [0.3, 0.4) is 0 Å². The number of nitrogens with zero attached hydrogens (tertiary/aromatic N) is 1. The fraction of sp³-hybridized carbons (Fsp3) is 0.235. The van der Waals surface area contributed by atoms with Crippen LogP contribution < -0.4 is 11.1 Å². The minimum atomic E-state index is -4.82. The van der Waals surface area contributed by atoms with Gasteiger partial charge in [-0.2, -0.15) is 13.2 Å². The molecule has 0 bridgehead atoms. The molecule has 0 aromatic heterocycles. The third-order valence-electron chi connectivity index (χ3n) is 4.13. The summed E-state index contributed by atoms with van der Waals surface area (Å²) in [5.41, 5.74) is 3.53. The third kappa shape index (κ3) is 3.69. The second-order valence-corrected chi connectivity index (χ2v) is 6.71. The van der Waals surface area contributed by atoms with E-state index >= 15 is 0 Å². The van der Waals surface area contributed by atoms with Crippen molar-refractivity contribution in [1.29, 1.82) is 0 Å². The predicted molar refractivity (Wildman–Crippen MR) is 95.2 cm³/mol. The maximum absolute atomic E-state index is 13.8. The Labute approximate surface area is 161 Å². The van der Waals surface area contributed by atoms with Gasteiger partial charge >= 0.3 is 6.18 Å². The predicted octanol–water partition coefficient (Wildman–Crippen LogP) is 5.19. The fourth-order valence-electron chi connectivity index (χ4n) is 2.69. The first kappa shape index (κ1) is 19.7. The topological polar surface area (TPSA) is 59.6 Å². The highest BCUT2D eigenvalue weighted by atomic mass is 35.5. The fourth-order valence-corrected chi connectivity index (χ4v) is 3.07. The Balaban J connectivity index is 1.89. The molecule has 1 unspecified atom stereocenters. The van der Waals surface area contributed by atoms with Crippen LogP contribution in [0.25, 0.3) is 0 Å². The van der Waals surface area contributed by atoms with Gasteiger partial charge in [-0.25, -0.2) is 4.39 Å². The molecular formula is C17H13Cl2F4N3O. The number of oxime groups is 1. The Morgan fingerprint density at radius 2 is 1.89 bits per heavy atom. The molecule has 1 aliphatic heterocycles. The SMILES string of the molecule is NCc1cc(NC2=NOC(c3ccc(F)c(Cl)c3)(C(F)(F)F)C2)ccc1Cl. The standard InChI is InChI=1S/C17H13Cl2F4N3O/c18-12-3-2-11(5-9(12)8-24)25-15-7-16(27-26-15,17(21,22)23)10-1-4-14(20)13(19)6-10/h1-6H,7-8,24H2,(H,25,26). The number of rotatable bonds is 3. The number of nitrogens with two attached hydrogens (primary N) is 1. The Morgan fingerprint density at radius 3 is 2.52 bits per heavy atom. The number of nitrogens with one attached hydrogen (secondary N) is 1. The largest absolute Gasteiger partial charge is 0.435 e. The molecule has 2 aromatic rings. The van der Waals surface area contributed by atoms with Crippen LogP contribution >= 0.6 is 23.2 Å². The molecule has 0 fully saturated rings. The van der Waals surface area contributed by atoms with Gasteiger partial charge in [-0.1, -0.05) is 34.4 Å². The zero-order valence-electron chi connectivity index (χ0n) is 13.6. The van der Waals surface area contributed by atoms with E-state index < -0.39 is 29.0 Å². The Bertz CT molecular complexity index is 904. The van der Waals surface area contributed by atoms with Gasteiger partial charge in [0.05, 0.1) is 11.4 Å². The molecule has 0 aliphatic carbocycles. The Morgan fingerprint density at radius 1 is 1.15 bits per heavy atom. The molecule has 3 rings (SSSR count). The zero-order chi connectivity index (χ0) is 19.8. The van der Waals surface area contributed by atoms with Crippen LogP contribution in [-0.4, -0.2) is 12.0 Å². The number of hydrogen-bond acceptors (Lipinski definition) is 4. The van der Waals surface area contributed by atoms with E-state index in [2.05, 4.69) is 10.5 Å². The van der Waals surface area contributed by atoms with Crippen LogP contribution in [0.4, 0.5) is 23.2 Å². The minimum Gasteiger partial charge on any atom is -0.372 e. The highest BCUT2D eigenvalue weighted by Crippen LogP contribution is 2.48. The van der Waals surface area contributed by atoms with Crippen LogP contribution in [0.15, 0.2) is 41.6 Å². The Hall–Kier alpha value is -2.03. The molecule has 144 valence electrons. The second kappa shape index (κ2) is 7.18. The number of alkyl halides is 3. The minimum absolute atomic E-state index is 0.0573. The van der Waals surface area contributed by atoms with E-state index in [1.54, 1.807) is 18.2 Å². The first-order chi connectivity index (χ1) is 12.7. The van der Waals surface area contributed by atoms with Crippen molar-refractivity contribution < 1.29 is 22.4 Å². The summed E-state index contributed by atoms with van der Waals surface area (Å²) in [6, 6.07) is 7.46. The van der Waals surface area contributed by atoms with Crippen LogP contribution in [0, 0.1) is 5.82 Å². The van der Waals surface area contributed by atoms with Crippen molar-refractivity contribution in [2.45, 2.75) is 24.7 Å². The highest BCUT2D eigenvalue weighted by Gasteiger charge is 2.62. The average molecular weight is 422 g/mol. The molecule has 0 saturated carbocycles. The molecule has 10 heteroatoms. The van der Waals surface area contributed by atoms with E-state index in [0.29, 0.717) is 16.3 Å². The number of benzene rings is 2. The van der Waals surface area contributed by atoms with Gasteiger partial charge in [0.25, 0.3) is 5.60 Å². The van der Waals surface area contributed by atoms with Gasteiger partial charge in [0.1, 0.15) is 5.82 Å². The quantitative estimate of drug-likeness (QED) is 0.669. The van der Waals surface area contributed by atoms with Crippen LogP contribution in [0.1, 0.15) is 17.5 Å². The normalized spacial score (nSPS) is 19.6.